The van der Waals surface area contributed by atoms with Gasteiger partial charge in [0.25, 0.3) is 10.1 Å². The fourth-order valence-electron chi connectivity index (χ4n) is 6.30. The van der Waals surface area contributed by atoms with Crippen LogP contribution in [0.5, 0.6) is 17.2 Å². The van der Waals surface area contributed by atoms with Crippen LogP contribution in [0, 0.1) is 12.8 Å². The van der Waals surface area contributed by atoms with Gasteiger partial charge in [-0.05, 0) is 98.5 Å². The molecule has 5 rings (SSSR count). The molecule has 0 spiro atoms. The summed E-state index contributed by atoms with van der Waals surface area (Å²) in [6, 6.07) is 29.7. The van der Waals surface area contributed by atoms with E-state index in [1.54, 1.807) is 26.4 Å². The van der Waals surface area contributed by atoms with Crippen LogP contribution in [0.1, 0.15) is 42.0 Å². The summed E-state index contributed by atoms with van der Waals surface area (Å²) in [5, 5.41) is 0. The Morgan fingerprint density at radius 2 is 1.31 bits per heavy atom. The van der Waals surface area contributed by atoms with Crippen LogP contribution in [-0.2, 0) is 34.2 Å². The molecule has 1 fully saturated rings. The number of carbonyl (C=O) groups is 1. The molecule has 1 atom stereocenters. The van der Waals surface area contributed by atoms with Crippen LogP contribution in [0.15, 0.2) is 102 Å². The predicted octanol–water partition coefficient (Wildman–Crippen LogP) is 6.38. The Hall–Kier alpha value is -4.42. The third-order valence-electron chi connectivity index (χ3n) is 9.01. The van der Waals surface area contributed by atoms with Crippen LogP contribution >= 0.6 is 0 Å². The largest absolute Gasteiger partial charge is 0.497 e. The van der Waals surface area contributed by atoms with Gasteiger partial charge in [0.15, 0.2) is 0 Å². The first-order valence-electron chi connectivity index (χ1n) is 17.2. The van der Waals surface area contributed by atoms with Gasteiger partial charge >= 0.3 is 5.97 Å². The van der Waals surface area contributed by atoms with Crippen molar-refractivity contribution in [2.24, 2.45) is 5.92 Å². The molecule has 10 nitrogen and oxygen atoms in total. The van der Waals surface area contributed by atoms with E-state index in [4.69, 9.17) is 27.9 Å². The molecule has 11 heteroatoms. The molecule has 0 aliphatic carbocycles. The second-order valence-electron chi connectivity index (χ2n) is 12.3. The fourth-order valence-corrected chi connectivity index (χ4v) is 7.20. The number of aryl methyl sites for hydroxylation is 1. The van der Waals surface area contributed by atoms with Crippen molar-refractivity contribution >= 4 is 16.1 Å². The van der Waals surface area contributed by atoms with Gasteiger partial charge in [-0.15, -0.1) is 0 Å². The van der Waals surface area contributed by atoms with Gasteiger partial charge in [0.2, 0.25) is 0 Å². The average molecular weight is 718 g/mol. The van der Waals surface area contributed by atoms with E-state index in [-0.39, 0.29) is 30.0 Å². The highest BCUT2D eigenvalue weighted by Gasteiger charge is 2.38. The zero-order valence-corrected chi connectivity index (χ0v) is 30.5. The normalized spacial score (nSPS) is 15.3. The van der Waals surface area contributed by atoms with Crippen LogP contribution < -0.4 is 14.2 Å². The Morgan fingerprint density at radius 3 is 1.84 bits per heavy atom. The summed E-state index contributed by atoms with van der Waals surface area (Å²) < 4.78 is 59.6. The van der Waals surface area contributed by atoms with Crippen molar-refractivity contribution in [1.29, 1.82) is 0 Å². The number of piperidine rings is 1. The number of hydrogen-bond donors (Lipinski definition) is 0. The van der Waals surface area contributed by atoms with Crippen molar-refractivity contribution in [2.45, 2.75) is 37.2 Å². The van der Waals surface area contributed by atoms with Crippen molar-refractivity contribution in [2.75, 3.05) is 60.3 Å². The van der Waals surface area contributed by atoms with Crippen molar-refractivity contribution in [3.63, 3.8) is 0 Å². The van der Waals surface area contributed by atoms with E-state index in [1.165, 1.54) is 12.1 Å². The number of hydrogen-bond acceptors (Lipinski definition) is 10. The second-order valence-corrected chi connectivity index (χ2v) is 14.0. The quantitative estimate of drug-likeness (QED) is 0.0529. The molecule has 1 aliphatic heterocycles. The van der Waals surface area contributed by atoms with E-state index in [2.05, 4.69) is 4.90 Å². The van der Waals surface area contributed by atoms with Gasteiger partial charge in [0.1, 0.15) is 36.1 Å². The Bertz CT molecular complexity index is 1750. The highest BCUT2D eigenvalue weighted by Crippen LogP contribution is 2.42. The summed E-state index contributed by atoms with van der Waals surface area (Å²) in [5.41, 5.74) is 2.55. The number of nitrogens with zero attached hydrogens (tertiary/aromatic N) is 1. The van der Waals surface area contributed by atoms with Crippen molar-refractivity contribution in [1.82, 2.24) is 4.90 Å². The molecule has 51 heavy (non-hydrogen) atoms. The summed E-state index contributed by atoms with van der Waals surface area (Å²) in [6.45, 7) is 6.48. The van der Waals surface area contributed by atoms with Crippen molar-refractivity contribution in [3.05, 3.63) is 119 Å². The maximum absolute atomic E-state index is 12.6. The van der Waals surface area contributed by atoms with Crippen LogP contribution in [0.2, 0.25) is 0 Å². The van der Waals surface area contributed by atoms with Gasteiger partial charge < -0.3 is 28.6 Å². The third kappa shape index (κ3) is 9.48. The number of rotatable bonds is 17. The predicted molar refractivity (Wildman–Crippen MR) is 194 cm³/mol. The van der Waals surface area contributed by atoms with Gasteiger partial charge in [-0.25, -0.2) is 0 Å². The lowest BCUT2D eigenvalue weighted by Gasteiger charge is -2.38. The smallest absolute Gasteiger partial charge is 0.310 e. The van der Waals surface area contributed by atoms with Gasteiger partial charge in [0, 0.05) is 13.1 Å². The van der Waals surface area contributed by atoms with Gasteiger partial charge in [-0.2, -0.15) is 8.42 Å². The highest BCUT2D eigenvalue weighted by molar-refractivity contribution is 7.86. The minimum absolute atomic E-state index is 0.0334. The first-order chi connectivity index (χ1) is 24.7. The Kier molecular flexibility index (Phi) is 13.1. The first-order valence-corrected chi connectivity index (χ1v) is 18.6. The Balaban J connectivity index is 1.38. The van der Waals surface area contributed by atoms with E-state index in [1.807, 2.05) is 86.6 Å². The number of carbonyl (C=O) groups excluding carboxylic acids is 1. The number of benzene rings is 4. The van der Waals surface area contributed by atoms with E-state index >= 15 is 0 Å². The topological polar surface area (TPSA) is 110 Å². The van der Waals surface area contributed by atoms with E-state index < -0.39 is 15.7 Å². The summed E-state index contributed by atoms with van der Waals surface area (Å²) in [5.74, 6) is 1.70. The van der Waals surface area contributed by atoms with Crippen molar-refractivity contribution in [3.8, 4) is 17.2 Å². The number of likely N-dealkylation sites (tertiary alicyclic amines) is 1. The number of methoxy groups -OCH3 is 2. The van der Waals surface area contributed by atoms with Crippen LogP contribution in [0.25, 0.3) is 0 Å². The molecule has 0 bridgehead atoms. The minimum atomic E-state index is -3.90. The average Bonchev–Trinajstić information content (AvgIpc) is 3.16. The minimum Gasteiger partial charge on any atom is -0.497 e. The van der Waals surface area contributed by atoms with Crippen molar-refractivity contribution < 1.29 is 41.1 Å². The number of ether oxygens (including phenoxy) is 5. The maximum atomic E-state index is 12.6. The summed E-state index contributed by atoms with van der Waals surface area (Å²) in [7, 11) is -0.635. The standard InChI is InChI=1S/C40H47NO9S/c1-5-47-39(42)31-7-6-24-41(29-31)25-26-49-40(32-10-16-35(45-3)17-11-32,33-12-18-36(46-4)19-13-33)34-14-20-37(21-15-34)48-27-28-50-51(43,44)38-22-8-30(2)9-23-38/h8-23,31H,5-7,24-29H2,1-4H3. The summed E-state index contributed by atoms with van der Waals surface area (Å²) in [6.07, 6.45) is 1.73. The first kappa shape index (κ1) is 37.8. The molecule has 0 amide bonds. The molecule has 0 saturated carbocycles. The zero-order chi connectivity index (χ0) is 36.3. The molecule has 272 valence electrons. The molecule has 1 unspecified atom stereocenters. The molecule has 4 aromatic rings. The monoisotopic (exact) mass is 717 g/mol. The zero-order valence-electron chi connectivity index (χ0n) is 29.7. The lowest BCUT2D eigenvalue weighted by Crippen LogP contribution is -2.42. The molecule has 1 heterocycles. The lowest BCUT2D eigenvalue weighted by molar-refractivity contribution is -0.150. The summed E-state index contributed by atoms with van der Waals surface area (Å²) in [4.78, 5) is 14.9. The van der Waals surface area contributed by atoms with Gasteiger partial charge in [-0.3, -0.25) is 8.98 Å². The van der Waals surface area contributed by atoms with Gasteiger partial charge in [-0.1, -0.05) is 54.1 Å². The lowest BCUT2D eigenvalue weighted by atomic mass is 9.80. The van der Waals surface area contributed by atoms with E-state index in [0.717, 1.165) is 53.1 Å². The van der Waals surface area contributed by atoms with Crippen LogP contribution in [0.3, 0.4) is 0 Å². The molecule has 1 aliphatic rings. The second kappa shape index (κ2) is 17.7. The Labute approximate surface area is 301 Å². The SMILES string of the molecule is CCOC(=O)C1CCCN(CCOC(c2ccc(OC)cc2)(c2ccc(OC)cc2)c2ccc(OCCOS(=O)(=O)c3ccc(C)cc3)cc2)C1. The fraction of sp³-hybridized carbons (Fsp3) is 0.375. The number of esters is 1. The van der Waals surface area contributed by atoms with Gasteiger partial charge in [0.05, 0.1) is 38.2 Å². The highest BCUT2D eigenvalue weighted by atomic mass is 32.2. The van der Waals surface area contributed by atoms with Crippen LogP contribution in [0.4, 0.5) is 0 Å². The molecular weight excluding hydrogens is 671 g/mol. The summed E-state index contributed by atoms with van der Waals surface area (Å²) >= 11 is 0. The Morgan fingerprint density at radius 1 is 0.765 bits per heavy atom. The molecule has 0 aromatic heterocycles. The molecule has 1 saturated heterocycles. The maximum Gasteiger partial charge on any atom is 0.310 e. The molecule has 0 N–H and O–H groups in total. The molecule has 0 radical (unpaired) electrons. The molecular formula is C40H47NO9S. The molecule has 4 aromatic carbocycles. The van der Waals surface area contributed by atoms with E-state index in [9.17, 15) is 13.2 Å². The third-order valence-corrected chi connectivity index (χ3v) is 10.3. The van der Waals surface area contributed by atoms with E-state index in [0.29, 0.717) is 32.1 Å². The van der Waals surface area contributed by atoms with Crippen LogP contribution in [-0.4, -0.2) is 79.6 Å².